The normalized spacial score (nSPS) is 12.0. The molecule has 6 heteroatoms. The Morgan fingerprint density at radius 2 is 1.79 bits per heavy atom. The Morgan fingerprint density at radius 1 is 1.17 bits per heavy atom. The Hall–Kier alpha value is -1.85. The summed E-state index contributed by atoms with van der Waals surface area (Å²) in [5, 5.41) is 4.70. The molecule has 2 aromatic rings. The van der Waals surface area contributed by atoms with Crippen molar-refractivity contribution < 1.29 is 4.79 Å². The standard InChI is InChI=1S/C23H36N4O.ClH/c1-16(2)22(24)13-14-26(6)23(28)12-11-21-18(4)25-27(19(21)5)15-20-9-7-17(3)8-10-20;/h7-10,16,22H,11-15,24H2,1-6H3;1H. The molecule has 0 fully saturated rings. The third-order valence-electron chi connectivity index (χ3n) is 5.65. The van der Waals surface area contributed by atoms with Crippen LogP contribution in [0.25, 0.3) is 0 Å². The smallest absolute Gasteiger partial charge is 0.222 e. The lowest BCUT2D eigenvalue weighted by Gasteiger charge is -2.21. The molecule has 0 radical (unpaired) electrons. The molecule has 0 aliphatic carbocycles. The molecule has 1 atom stereocenters. The molecule has 0 aliphatic heterocycles. The molecule has 1 aromatic carbocycles. The first kappa shape index (κ1) is 25.2. The van der Waals surface area contributed by atoms with E-state index in [1.165, 1.54) is 16.7 Å². The highest BCUT2D eigenvalue weighted by Crippen LogP contribution is 2.17. The zero-order valence-corrected chi connectivity index (χ0v) is 19.6. The van der Waals surface area contributed by atoms with Gasteiger partial charge in [0.25, 0.3) is 0 Å². The summed E-state index contributed by atoms with van der Waals surface area (Å²) in [6.07, 6.45) is 2.07. The second kappa shape index (κ2) is 11.4. The average molecular weight is 421 g/mol. The second-order valence-corrected chi connectivity index (χ2v) is 8.30. The van der Waals surface area contributed by atoms with Gasteiger partial charge in [-0.05, 0) is 50.7 Å². The first-order chi connectivity index (χ1) is 13.2. The van der Waals surface area contributed by atoms with Crippen molar-refractivity contribution in [3.8, 4) is 0 Å². The molecular formula is C23H37ClN4O. The monoisotopic (exact) mass is 420 g/mol. The van der Waals surface area contributed by atoms with Crippen molar-refractivity contribution in [2.45, 2.75) is 66.5 Å². The molecule has 1 aromatic heterocycles. The maximum Gasteiger partial charge on any atom is 0.222 e. The number of hydrogen-bond donors (Lipinski definition) is 1. The number of halogens is 1. The van der Waals surface area contributed by atoms with E-state index in [0.29, 0.717) is 18.9 Å². The van der Waals surface area contributed by atoms with Crippen LogP contribution in [-0.4, -0.2) is 40.2 Å². The summed E-state index contributed by atoms with van der Waals surface area (Å²) in [7, 11) is 1.87. The van der Waals surface area contributed by atoms with Crippen molar-refractivity contribution in [2.75, 3.05) is 13.6 Å². The highest BCUT2D eigenvalue weighted by molar-refractivity contribution is 5.85. The van der Waals surface area contributed by atoms with Crippen LogP contribution >= 0.6 is 12.4 Å². The number of aryl methyl sites for hydroxylation is 2. The molecule has 162 valence electrons. The van der Waals surface area contributed by atoms with E-state index in [1.807, 2.05) is 23.6 Å². The van der Waals surface area contributed by atoms with E-state index >= 15 is 0 Å². The summed E-state index contributed by atoms with van der Waals surface area (Å²) in [4.78, 5) is 14.3. The fourth-order valence-corrected chi connectivity index (χ4v) is 3.34. The number of hydrogen-bond acceptors (Lipinski definition) is 3. The number of aromatic nitrogens is 2. The molecule has 1 unspecified atom stereocenters. The van der Waals surface area contributed by atoms with Crippen molar-refractivity contribution >= 4 is 18.3 Å². The van der Waals surface area contributed by atoms with Crippen molar-refractivity contribution in [1.29, 1.82) is 0 Å². The largest absolute Gasteiger partial charge is 0.346 e. The van der Waals surface area contributed by atoms with Crippen LogP contribution < -0.4 is 5.73 Å². The van der Waals surface area contributed by atoms with Gasteiger partial charge in [0.2, 0.25) is 5.91 Å². The predicted octanol–water partition coefficient (Wildman–Crippen LogP) is 4.04. The Balaban J connectivity index is 0.00000420. The third kappa shape index (κ3) is 7.16. The van der Waals surface area contributed by atoms with Crippen molar-refractivity contribution in [3.63, 3.8) is 0 Å². The Kier molecular flexibility index (Phi) is 9.87. The lowest BCUT2D eigenvalue weighted by atomic mass is 10.0. The molecule has 0 saturated carbocycles. The molecule has 5 nitrogen and oxygen atoms in total. The molecule has 2 N–H and O–H groups in total. The Bertz CT molecular complexity index is 783. The maximum atomic E-state index is 12.5. The maximum absolute atomic E-state index is 12.5. The van der Waals surface area contributed by atoms with Gasteiger partial charge in [-0.2, -0.15) is 5.10 Å². The van der Waals surface area contributed by atoms with Gasteiger partial charge in [-0.1, -0.05) is 43.7 Å². The van der Waals surface area contributed by atoms with E-state index in [9.17, 15) is 4.79 Å². The van der Waals surface area contributed by atoms with E-state index in [4.69, 9.17) is 10.8 Å². The Morgan fingerprint density at radius 3 is 2.38 bits per heavy atom. The molecule has 29 heavy (non-hydrogen) atoms. The van der Waals surface area contributed by atoms with Gasteiger partial charge >= 0.3 is 0 Å². The van der Waals surface area contributed by atoms with Gasteiger partial charge < -0.3 is 10.6 Å². The first-order valence-electron chi connectivity index (χ1n) is 10.3. The molecule has 2 rings (SSSR count). The minimum absolute atomic E-state index is 0. The van der Waals surface area contributed by atoms with E-state index in [2.05, 4.69) is 52.0 Å². The fraction of sp³-hybridized carbons (Fsp3) is 0.565. The van der Waals surface area contributed by atoms with Crippen LogP contribution in [0.15, 0.2) is 24.3 Å². The Labute approximate surface area is 182 Å². The van der Waals surface area contributed by atoms with Crippen molar-refractivity contribution in [3.05, 3.63) is 52.3 Å². The number of benzene rings is 1. The predicted molar refractivity (Wildman–Crippen MR) is 123 cm³/mol. The lowest BCUT2D eigenvalue weighted by Crippen LogP contribution is -2.34. The van der Waals surface area contributed by atoms with Gasteiger partial charge in [-0.15, -0.1) is 12.4 Å². The van der Waals surface area contributed by atoms with Crippen LogP contribution in [0.2, 0.25) is 0 Å². The molecule has 0 saturated heterocycles. The van der Waals surface area contributed by atoms with Crippen molar-refractivity contribution in [2.24, 2.45) is 11.7 Å². The number of amides is 1. The van der Waals surface area contributed by atoms with Crippen LogP contribution in [0.5, 0.6) is 0 Å². The van der Waals surface area contributed by atoms with Gasteiger partial charge in [0.15, 0.2) is 0 Å². The van der Waals surface area contributed by atoms with Crippen LogP contribution in [0.4, 0.5) is 0 Å². The van der Waals surface area contributed by atoms with E-state index in [1.54, 1.807) is 0 Å². The first-order valence-corrected chi connectivity index (χ1v) is 10.3. The molecule has 0 aliphatic rings. The fourth-order valence-electron chi connectivity index (χ4n) is 3.34. The van der Waals surface area contributed by atoms with Gasteiger partial charge in [-0.3, -0.25) is 9.48 Å². The molecule has 0 spiro atoms. The summed E-state index contributed by atoms with van der Waals surface area (Å²) in [6.45, 7) is 11.9. The summed E-state index contributed by atoms with van der Waals surface area (Å²) >= 11 is 0. The lowest BCUT2D eigenvalue weighted by molar-refractivity contribution is -0.129. The van der Waals surface area contributed by atoms with Crippen molar-refractivity contribution in [1.82, 2.24) is 14.7 Å². The highest BCUT2D eigenvalue weighted by Gasteiger charge is 2.16. The summed E-state index contributed by atoms with van der Waals surface area (Å²) in [5.74, 6) is 0.606. The number of rotatable bonds is 9. The quantitative estimate of drug-likeness (QED) is 0.665. The van der Waals surface area contributed by atoms with Crippen LogP contribution in [0, 0.1) is 26.7 Å². The summed E-state index contributed by atoms with van der Waals surface area (Å²) in [6, 6.07) is 8.68. The second-order valence-electron chi connectivity index (χ2n) is 8.30. The minimum Gasteiger partial charge on any atom is -0.346 e. The highest BCUT2D eigenvalue weighted by atomic mass is 35.5. The van der Waals surface area contributed by atoms with E-state index in [-0.39, 0.29) is 24.4 Å². The average Bonchev–Trinajstić information content (AvgIpc) is 2.92. The van der Waals surface area contributed by atoms with Gasteiger partial charge in [-0.25, -0.2) is 0 Å². The van der Waals surface area contributed by atoms with Gasteiger partial charge in [0.05, 0.1) is 12.2 Å². The molecule has 0 bridgehead atoms. The van der Waals surface area contributed by atoms with E-state index < -0.39 is 0 Å². The topological polar surface area (TPSA) is 64.2 Å². The molecule has 1 amide bonds. The number of nitrogens with zero attached hydrogens (tertiary/aromatic N) is 3. The van der Waals surface area contributed by atoms with Gasteiger partial charge in [0, 0.05) is 31.7 Å². The summed E-state index contributed by atoms with van der Waals surface area (Å²) in [5.41, 5.74) is 11.9. The number of carbonyl (C=O) groups is 1. The summed E-state index contributed by atoms with van der Waals surface area (Å²) < 4.78 is 2.05. The van der Waals surface area contributed by atoms with Crippen LogP contribution in [-0.2, 0) is 17.8 Å². The number of nitrogens with two attached hydrogens (primary N) is 1. The molecule has 1 heterocycles. The SMILES string of the molecule is Cc1ccc(Cn2nc(C)c(CCC(=O)N(C)CCC(N)C(C)C)c2C)cc1.Cl. The van der Waals surface area contributed by atoms with Crippen LogP contribution in [0.3, 0.4) is 0 Å². The number of carbonyl (C=O) groups excluding carboxylic acids is 1. The molecular weight excluding hydrogens is 384 g/mol. The van der Waals surface area contributed by atoms with E-state index in [0.717, 1.165) is 30.8 Å². The van der Waals surface area contributed by atoms with Gasteiger partial charge in [0.1, 0.15) is 0 Å². The third-order valence-corrected chi connectivity index (χ3v) is 5.65. The zero-order chi connectivity index (χ0) is 20.8. The van der Waals surface area contributed by atoms with Crippen LogP contribution in [0.1, 0.15) is 54.8 Å². The minimum atomic E-state index is 0. The zero-order valence-electron chi connectivity index (χ0n) is 18.7.